The summed E-state index contributed by atoms with van der Waals surface area (Å²) in [7, 11) is 1.79. The number of amides is 1. The van der Waals surface area contributed by atoms with Crippen molar-refractivity contribution in [2.75, 3.05) is 11.9 Å². The molecule has 0 aliphatic carbocycles. The van der Waals surface area contributed by atoms with Gasteiger partial charge in [0.15, 0.2) is 5.82 Å². The summed E-state index contributed by atoms with van der Waals surface area (Å²) >= 11 is 0. The second-order valence-corrected chi connectivity index (χ2v) is 4.84. The van der Waals surface area contributed by atoms with Gasteiger partial charge in [-0.25, -0.2) is 0 Å². The minimum atomic E-state index is -0.143. The van der Waals surface area contributed by atoms with E-state index in [1.807, 2.05) is 31.2 Å². The van der Waals surface area contributed by atoms with E-state index in [2.05, 4.69) is 10.4 Å². The molecule has 3 N–H and O–H groups in total. The van der Waals surface area contributed by atoms with Gasteiger partial charge in [-0.15, -0.1) is 0 Å². The number of carbonyl (C=O) groups excluding carboxylic acids is 1. The Morgan fingerprint density at radius 3 is 3.00 bits per heavy atom. The van der Waals surface area contributed by atoms with Crippen LogP contribution in [0.2, 0.25) is 0 Å². The first-order chi connectivity index (χ1) is 10.1. The molecule has 0 unspecified atom stereocenters. The van der Waals surface area contributed by atoms with Gasteiger partial charge in [0.25, 0.3) is 0 Å². The van der Waals surface area contributed by atoms with E-state index in [4.69, 9.17) is 10.5 Å². The second-order valence-electron chi connectivity index (χ2n) is 4.84. The van der Waals surface area contributed by atoms with Crippen LogP contribution in [-0.4, -0.2) is 22.3 Å². The van der Waals surface area contributed by atoms with Gasteiger partial charge in [-0.1, -0.05) is 12.1 Å². The number of rotatable bonds is 6. The number of nitrogens with one attached hydrogen (secondary N) is 1. The van der Waals surface area contributed by atoms with Crippen molar-refractivity contribution in [3.63, 3.8) is 0 Å². The smallest absolute Gasteiger partial charge is 0.229 e. The Bertz CT molecular complexity index is 622. The van der Waals surface area contributed by atoms with Crippen LogP contribution >= 0.6 is 0 Å². The van der Waals surface area contributed by atoms with Crippen LogP contribution in [0.5, 0.6) is 5.75 Å². The number of aromatic nitrogens is 2. The molecular weight excluding hydrogens is 268 g/mol. The highest BCUT2D eigenvalue weighted by atomic mass is 16.5. The Labute approximate surface area is 123 Å². The molecule has 21 heavy (non-hydrogen) atoms. The predicted molar refractivity (Wildman–Crippen MR) is 81.0 cm³/mol. The standard InChI is InChI=1S/C15H20N4O2/c1-11-4-3-5-13(8-11)21-7-6-14(20)17-15-12(9-16)10-19(2)18-15/h3-5,8,10H,6-7,9,16H2,1-2H3,(H,17,18,20). The highest BCUT2D eigenvalue weighted by molar-refractivity contribution is 5.90. The number of anilines is 1. The molecule has 0 aliphatic heterocycles. The highest BCUT2D eigenvalue weighted by Crippen LogP contribution is 2.14. The zero-order valence-corrected chi connectivity index (χ0v) is 12.3. The number of carbonyl (C=O) groups is 1. The Morgan fingerprint density at radius 2 is 2.29 bits per heavy atom. The Morgan fingerprint density at radius 1 is 1.48 bits per heavy atom. The lowest BCUT2D eigenvalue weighted by molar-refractivity contribution is -0.116. The molecule has 0 radical (unpaired) electrons. The molecule has 0 saturated heterocycles. The SMILES string of the molecule is Cc1cccc(OCCC(=O)Nc2nn(C)cc2CN)c1. The van der Waals surface area contributed by atoms with E-state index >= 15 is 0 Å². The molecule has 0 spiro atoms. The van der Waals surface area contributed by atoms with Crippen molar-refractivity contribution in [3.05, 3.63) is 41.6 Å². The lowest BCUT2D eigenvalue weighted by atomic mass is 10.2. The summed E-state index contributed by atoms with van der Waals surface area (Å²) < 4.78 is 7.17. The number of hydrogen-bond acceptors (Lipinski definition) is 4. The first-order valence-electron chi connectivity index (χ1n) is 6.80. The van der Waals surface area contributed by atoms with Gasteiger partial charge in [0.2, 0.25) is 5.91 Å². The van der Waals surface area contributed by atoms with E-state index in [9.17, 15) is 4.79 Å². The van der Waals surface area contributed by atoms with E-state index in [1.54, 1.807) is 17.9 Å². The zero-order valence-electron chi connectivity index (χ0n) is 12.3. The lowest BCUT2D eigenvalue weighted by Crippen LogP contribution is -2.17. The molecule has 0 aliphatic rings. The van der Waals surface area contributed by atoms with Crippen molar-refractivity contribution < 1.29 is 9.53 Å². The minimum Gasteiger partial charge on any atom is -0.493 e. The van der Waals surface area contributed by atoms with Crippen molar-refractivity contribution >= 4 is 11.7 Å². The summed E-state index contributed by atoms with van der Waals surface area (Å²) in [6, 6.07) is 7.72. The third-order valence-electron chi connectivity index (χ3n) is 2.97. The Kier molecular flexibility index (Phi) is 4.94. The summed E-state index contributed by atoms with van der Waals surface area (Å²) in [6.07, 6.45) is 2.05. The molecule has 1 aromatic heterocycles. The Balaban J connectivity index is 1.82. The molecule has 1 aromatic carbocycles. The van der Waals surface area contributed by atoms with E-state index in [1.165, 1.54) is 0 Å². The molecule has 0 bridgehead atoms. The van der Waals surface area contributed by atoms with E-state index < -0.39 is 0 Å². The van der Waals surface area contributed by atoms with Crippen LogP contribution in [0.3, 0.4) is 0 Å². The fourth-order valence-electron chi connectivity index (χ4n) is 1.95. The minimum absolute atomic E-state index is 0.143. The largest absolute Gasteiger partial charge is 0.493 e. The molecule has 1 amide bonds. The molecule has 2 rings (SSSR count). The monoisotopic (exact) mass is 288 g/mol. The number of benzene rings is 1. The van der Waals surface area contributed by atoms with Gasteiger partial charge in [0.1, 0.15) is 5.75 Å². The van der Waals surface area contributed by atoms with Crippen molar-refractivity contribution in [1.29, 1.82) is 0 Å². The quantitative estimate of drug-likeness (QED) is 0.845. The van der Waals surface area contributed by atoms with Gasteiger partial charge < -0.3 is 15.8 Å². The van der Waals surface area contributed by atoms with Crippen LogP contribution in [-0.2, 0) is 18.4 Å². The second kappa shape index (κ2) is 6.90. The topological polar surface area (TPSA) is 82.2 Å². The number of hydrogen-bond donors (Lipinski definition) is 2. The van der Waals surface area contributed by atoms with Crippen LogP contribution in [0.4, 0.5) is 5.82 Å². The van der Waals surface area contributed by atoms with Crippen molar-refractivity contribution in [1.82, 2.24) is 9.78 Å². The predicted octanol–water partition coefficient (Wildman–Crippen LogP) is 1.59. The van der Waals surface area contributed by atoms with Gasteiger partial charge in [-0.3, -0.25) is 9.48 Å². The molecular formula is C15H20N4O2. The molecule has 6 heteroatoms. The third-order valence-corrected chi connectivity index (χ3v) is 2.97. The van der Waals surface area contributed by atoms with Crippen LogP contribution in [0, 0.1) is 6.92 Å². The molecule has 0 atom stereocenters. The number of nitrogens with zero attached hydrogens (tertiary/aromatic N) is 2. The average molecular weight is 288 g/mol. The average Bonchev–Trinajstić information content (AvgIpc) is 2.78. The number of nitrogens with two attached hydrogens (primary N) is 1. The van der Waals surface area contributed by atoms with Gasteiger partial charge >= 0.3 is 0 Å². The fraction of sp³-hybridized carbons (Fsp3) is 0.333. The van der Waals surface area contributed by atoms with E-state index in [-0.39, 0.29) is 12.3 Å². The number of aryl methyl sites for hydroxylation is 2. The summed E-state index contributed by atoms with van der Waals surface area (Å²) in [5.41, 5.74) is 7.53. The summed E-state index contributed by atoms with van der Waals surface area (Å²) in [4.78, 5) is 11.9. The van der Waals surface area contributed by atoms with Crippen LogP contribution in [0.25, 0.3) is 0 Å². The van der Waals surface area contributed by atoms with Gasteiger partial charge in [-0.05, 0) is 24.6 Å². The summed E-state index contributed by atoms with van der Waals surface area (Å²) in [6.45, 7) is 2.65. The molecule has 1 heterocycles. The molecule has 0 saturated carbocycles. The fourth-order valence-corrected chi connectivity index (χ4v) is 1.95. The highest BCUT2D eigenvalue weighted by Gasteiger charge is 2.10. The first kappa shape index (κ1) is 15.1. The molecule has 112 valence electrons. The van der Waals surface area contributed by atoms with Crippen LogP contribution in [0.1, 0.15) is 17.5 Å². The molecule has 6 nitrogen and oxygen atoms in total. The molecule has 0 fully saturated rings. The Hall–Kier alpha value is -2.34. The van der Waals surface area contributed by atoms with Crippen molar-refractivity contribution in [2.24, 2.45) is 12.8 Å². The summed E-state index contributed by atoms with van der Waals surface area (Å²) in [5.74, 6) is 1.14. The van der Waals surface area contributed by atoms with Crippen LogP contribution < -0.4 is 15.8 Å². The zero-order chi connectivity index (χ0) is 15.2. The van der Waals surface area contributed by atoms with E-state index in [0.29, 0.717) is 19.0 Å². The van der Waals surface area contributed by atoms with Crippen molar-refractivity contribution in [2.45, 2.75) is 19.9 Å². The lowest BCUT2D eigenvalue weighted by Gasteiger charge is -2.07. The van der Waals surface area contributed by atoms with Crippen LogP contribution in [0.15, 0.2) is 30.5 Å². The summed E-state index contributed by atoms with van der Waals surface area (Å²) in [5, 5.41) is 6.91. The molecule has 2 aromatic rings. The third kappa shape index (κ3) is 4.32. The maximum atomic E-state index is 11.9. The van der Waals surface area contributed by atoms with Gasteiger partial charge in [0, 0.05) is 25.4 Å². The van der Waals surface area contributed by atoms with E-state index in [0.717, 1.165) is 16.9 Å². The maximum absolute atomic E-state index is 11.9. The first-order valence-corrected chi connectivity index (χ1v) is 6.80. The van der Waals surface area contributed by atoms with Crippen molar-refractivity contribution in [3.8, 4) is 5.75 Å². The van der Waals surface area contributed by atoms with Gasteiger partial charge in [0.05, 0.1) is 13.0 Å². The number of ether oxygens (including phenoxy) is 1. The normalized spacial score (nSPS) is 10.4. The van der Waals surface area contributed by atoms with Gasteiger partial charge in [-0.2, -0.15) is 5.10 Å². The maximum Gasteiger partial charge on any atom is 0.229 e.